The smallest absolute Gasteiger partial charge is 0.189 e. The summed E-state index contributed by atoms with van der Waals surface area (Å²) < 4.78 is 13.9. The number of hydrogen-bond acceptors (Lipinski definition) is 3. The largest absolute Gasteiger partial charge is 0.355 e. The lowest BCUT2D eigenvalue weighted by atomic mass is 10.1. The minimum atomic E-state index is -0.418. The second-order valence-electron chi connectivity index (χ2n) is 5.42. The number of rotatable bonds is 5. The zero-order valence-corrected chi connectivity index (χ0v) is 12.8. The summed E-state index contributed by atoms with van der Waals surface area (Å²) in [6.07, 6.45) is 2.62. The van der Waals surface area contributed by atoms with Crippen LogP contribution in [0, 0.1) is 5.82 Å². The highest BCUT2D eigenvalue weighted by atomic mass is 19.1. The molecule has 0 saturated carbocycles. The van der Waals surface area contributed by atoms with Crippen molar-refractivity contribution in [3.63, 3.8) is 0 Å². The van der Waals surface area contributed by atoms with Gasteiger partial charge in [0, 0.05) is 35.9 Å². The molecule has 1 aromatic carbocycles. The van der Waals surface area contributed by atoms with E-state index in [-0.39, 0.29) is 17.0 Å². The van der Waals surface area contributed by atoms with Crippen LogP contribution in [0.2, 0.25) is 0 Å². The highest BCUT2D eigenvalue weighted by molar-refractivity contribution is 5.78. The van der Waals surface area contributed by atoms with Crippen molar-refractivity contribution in [1.82, 2.24) is 15.3 Å². The van der Waals surface area contributed by atoms with Crippen LogP contribution in [-0.4, -0.2) is 9.97 Å². The third-order valence-corrected chi connectivity index (χ3v) is 3.86. The van der Waals surface area contributed by atoms with Gasteiger partial charge in [0.05, 0.1) is 11.2 Å². The van der Waals surface area contributed by atoms with E-state index in [9.17, 15) is 9.18 Å². The maximum absolute atomic E-state index is 13.9. The minimum Gasteiger partial charge on any atom is -0.355 e. The quantitative estimate of drug-likeness (QED) is 0.760. The Hall–Kier alpha value is -2.53. The fourth-order valence-corrected chi connectivity index (χ4v) is 2.66. The number of aromatic nitrogens is 2. The zero-order valence-electron chi connectivity index (χ0n) is 12.8. The van der Waals surface area contributed by atoms with Gasteiger partial charge >= 0.3 is 0 Å². The highest BCUT2D eigenvalue weighted by Crippen LogP contribution is 2.15. The van der Waals surface area contributed by atoms with E-state index in [1.807, 2.05) is 18.2 Å². The number of aromatic amines is 1. The van der Waals surface area contributed by atoms with Crippen molar-refractivity contribution >= 4 is 10.9 Å². The van der Waals surface area contributed by atoms with Crippen LogP contribution in [0.1, 0.15) is 30.8 Å². The summed E-state index contributed by atoms with van der Waals surface area (Å²) in [7, 11) is 0. The fraction of sp³-hybridized carbons (Fsp3) is 0.222. The zero-order chi connectivity index (χ0) is 16.2. The van der Waals surface area contributed by atoms with E-state index in [4.69, 9.17) is 0 Å². The van der Waals surface area contributed by atoms with Gasteiger partial charge in [0.25, 0.3) is 0 Å². The molecule has 0 aliphatic rings. The van der Waals surface area contributed by atoms with E-state index in [1.165, 1.54) is 12.1 Å². The lowest BCUT2D eigenvalue weighted by Gasteiger charge is -2.16. The molecule has 0 radical (unpaired) electrons. The molecular formula is C18H18FN3O. The van der Waals surface area contributed by atoms with Crippen LogP contribution < -0.4 is 10.7 Å². The third-order valence-electron chi connectivity index (χ3n) is 3.86. The molecule has 118 valence electrons. The molecule has 0 saturated heterocycles. The third kappa shape index (κ3) is 3.29. The summed E-state index contributed by atoms with van der Waals surface area (Å²) in [5.41, 5.74) is 1.68. The molecule has 5 heteroatoms. The fourth-order valence-electron chi connectivity index (χ4n) is 2.66. The van der Waals surface area contributed by atoms with Crippen LogP contribution in [0.5, 0.6) is 0 Å². The number of fused-ring (bicyclic) bond motifs is 1. The van der Waals surface area contributed by atoms with Gasteiger partial charge in [-0.1, -0.05) is 19.1 Å². The van der Waals surface area contributed by atoms with Gasteiger partial charge in [-0.2, -0.15) is 0 Å². The van der Waals surface area contributed by atoms with Gasteiger partial charge in [-0.25, -0.2) is 4.39 Å². The van der Waals surface area contributed by atoms with E-state index in [0.29, 0.717) is 17.6 Å². The molecule has 3 rings (SSSR count). The second kappa shape index (κ2) is 6.71. The standard InChI is InChI=1S/C18H18FN3O/c1-2-15(16-8-3-4-9-20-16)21-11-12-10-17(23)13-6-5-7-14(19)18(13)22-12/h3-10,15,21H,2,11H2,1H3,(H,22,23)/t15-/m1/s1. The van der Waals surface area contributed by atoms with Crippen LogP contribution in [0.4, 0.5) is 4.39 Å². The van der Waals surface area contributed by atoms with Gasteiger partial charge in [0.15, 0.2) is 5.43 Å². The van der Waals surface area contributed by atoms with E-state index in [1.54, 1.807) is 18.3 Å². The van der Waals surface area contributed by atoms with Crippen molar-refractivity contribution in [2.75, 3.05) is 0 Å². The van der Waals surface area contributed by atoms with Gasteiger partial charge in [-0.05, 0) is 30.7 Å². The molecule has 2 heterocycles. The van der Waals surface area contributed by atoms with Crippen LogP contribution in [0.3, 0.4) is 0 Å². The molecule has 0 fully saturated rings. The average Bonchev–Trinajstić information content (AvgIpc) is 2.57. The van der Waals surface area contributed by atoms with Crippen LogP contribution in [-0.2, 0) is 6.54 Å². The van der Waals surface area contributed by atoms with E-state index >= 15 is 0 Å². The van der Waals surface area contributed by atoms with Crippen molar-refractivity contribution in [2.24, 2.45) is 0 Å². The molecule has 23 heavy (non-hydrogen) atoms. The summed E-state index contributed by atoms with van der Waals surface area (Å²) in [5.74, 6) is -0.418. The molecule has 0 spiro atoms. The minimum absolute atomic E-state index is 0.0796. The lowest BCUT2D eigenvalue weighted by molar-refractivity contribution is 0.503. The van der Waals surface area contributed by atoms with E-state index in [2.05, 4.69) is 22.2 Å². The molecule has 2 N–H and O–H groups in total. The predicted molar refractivity (Wildman–Crippen MR) is 88.6 cm³/mol. The molecule has 2 aromatic heterocycles. The summed E-state index contributed by atoms with van der Waals surface area (Å²) in [5, 5.41) is 3.72. The normalized spacial score (nSPS) is 12.4. The highest BCUT2D eigenvalue weighted by Gasteiger charge is 2.11. The van der Waals surface area contributed by atoms with E-state index in [0.717, 1.165) is 12.1 Å². The molecule has 0 aliphatic heterocycles. The van der Waals surface area contributed by atoms with Gasteiger partial charge in [0.1, 0.15) is 5.82 Å². The number of hydrogen-bond donors (Lipinski definition) is 2. The first-order valence-electron chi connectivity index (χ1n) is 7.63. The monoisotopic (exact) mass is 311 g/mol. The molecule has 3 aromatic rings. The Morgan fingerprint density at radius 3 is 2.87 bits per heavy atom. The van der Waals surface area contributed by atoms with Gasteiger partial charge in [0.2, 0.25) is 0 Å². The second-order valence-corrected chi connectivity index (χ2v) is 5.42. The van der Waals surface area contributed by atoms with E-state index < -0.39 is 5.82 Å². The number of nitrogens with zero attached hydrogens (tertiary/aromatic N) is 1. The van der Waals surface area contributed by atoms with Crippen LogP contribution >= 0.6 is 0 Å². The molecule has 0 amide bonds. The Labute approximate surface area is 133 Å². The summed E-state index contributed by atoms with van der Waals surface area (Å²) in [4.78, 5) is 19.5. The first-order valence-corrected chi connectivity index (χ1v) is 7.63. The van der Waals surface area contributed by atoms with Crippen molar-refractivity contribution in [3.8, 4) is 0 Å². The Bertz CT molecular complexity index is 861. The number of halogens is 1. The maximum atomic E-state index is 13.9. The number of benzene rings is 1. The Morgan fingerprint density at radius 2 is 2.13 bits per heavy atom. The first-order chi connectivity index (χ1) is 11.2. The summed E-state index contributed by atoms with van der Waals surface area (Å²) in [6.45, 7) is 2.50. The molecule has 1 atom stereocenters. The summed E-state index contributed by atoms with van der Waals surface area (Å²) >= 11 is 0. The number of pyridine rings is 2. The van der Waals surface area contributed by atoms with Gasteiger partial charge < -0.3 is 10.3 Å². The average molecular weight is 311 g/mol. The SMILES string of the molecule is CC[C@@H](NCc1cc(=O)c2cccc(F)c2[nH]1)c1ccccn1. The lowest BCUT2D eigenvalue weighted by Crippen LogP contribution is -2.22. The van der Waals surface area contributed by atoms with Crippen molar-refractivity contribution in [3.05, 3.63) is 76.1 Å². The molecule has 0 unspecified atom stereocenters. The van der Waals surface area contributed by atoms with Crippen LogP contribution in [0.15, 0.2) is 53.5 Å². The molecule has 0 aliphatic carbocycles. The van der Waals surface area contributed by atoms with Crippen molar-refractivity contribution < 1.29 is 4.39 Å². The topological polar surface area (TPSA) is 57.8 Å². The van der Waals surface area contributed by atoms with Crippen molar-refractivity contribution in [2.45, 2.75) is 25.9 Å². The molecule has 0 bridgehead atoms. The number of H-pyrrole nitrogens is 1. The van der Waals surface area contributed by atoms with Crippen LogP contribution in [0.25, 0.3) is 10.9 Å². The van der Waals surface area contributed by atoms with Crippen molar-refractivity contribution in [1.29, 1.82) is 0 Å². The first kappa shape index (κ1) is 15.4. The number of nitrogens with one attached hydrogen (secondary N) is 2. The number of para-hydroxylation sites is 1. The molecule has 4 nitrogen and oxygen atoms in total. The Balaban J connectivity index is 1.84. The maximum Gasteiger partial charge on any atom is 0.189 e. The Morgan fingerprint density at radius 1 is 1.26 bits per heavy atom. The van der Waals surface area contributed by atoms with Gasteiger partial charge in [-0.3, -0.25) is 9.78 Å². The Kier molecular flexibility index (Phi) is 4.48. The summed E-state index contributed by atoms with van der Waals surface area (Å²) in [6, 6.07) is 11.9. The predicted octanol–water partition coefficient (Wildman–Crippen LogP) is 3.30. The molecular weight excluding hydrogens is 293 g/mol. The van der Waals surface area contributed by atoms with Gasteiger partial charge in [-0.15, -0.1) is 0 Å².